The van der Waals surface area contributed by atoms with Crippen molar-refractivity contribution in [2.75, 3.05) is 32.0 Å². The highest BCUT2D eigenvalue weighted by atomic mass is 35.5. The van der Waals surface area contributed by atoms with Gasteiger partial charge in [-0.1, -0.05) is 42.5 Å². The number of amidine groups is 1. The highest BCUT2D eigenvalue weighted by Crippen LogP contribution is 2.37. The van der Waals surface area contributed by atoms with Crippen LogP contribution in [0.5, 0.6) is 0 Å². The molecule has 9 heteroatoms. The SMILES string of the molecule is Cc1nc2c(s1)Nc1ccccc1N=C2N1CCN(C)[C@@H](CCc2ccccc2)C1.Cl.Cl.O. The molecule has 178 valence electrons. The molecule has 0 aliphatic carbocycles. The first-order valence-electron chi connectivity index (χ1n) is 10.6. The van der Waals surface area contributed by atoms with Gasteiger partial charge in [0.25, 0.3) is 0 Å². The second kappa shape index (κ2) is 11.8. The maximum Gasteiger partial charge on any atom is 0.158 e. The van der Waals surface area contributed by atoms with E-state index in [2.05, 4.69) is 77.6 Å². The Labute approximate surface area is 211 Å². The average Bonchev–Trinajstić information content (AvgIpc) is 3.05. The second-order valence-corrected chi connectivity index (χ2v) is 9.30. The zero-order chi connectivity index (χ0) is 20.5. The maximum absolute atomic E-state index is 5.10. The van der Waals surface area contributed by atoms with Crippen LogP contribution in [0.3, 0.4) is 0 Å². The molecule has 2 aliphatic heterocycles. The van der Waals surface area contributed by atoms with Gasteiger partial charge < -0.3 is 15.7 Å². The molecule has 2 aromatic carbocycles. The van der Waals surface area contributed by atoms with Crippen LogP contribution in [-0.4, -0.2) is 58.8 Å². The van der Waals surface area contributed by atoms with Gasteiger partial charge in [-0.05, 0) is 44.5 Å². The highest BCUT2D eigenvalue weighted by molar-refractivity contribution is 7.16. The molecule has 5 rings (SSSR count). The van der Waals surface area contributed by atoms with Gasteiger partial charge in [0, 0.05) is 25.7 Å². The lowest BCUT2D eigenvalue weighted by molar-refractivity contribution is 0.134. The van der Waals surface area contributed by atoms with E-state index in [1.54, 1.807) is 11.3 Å². The zero-order valence-corrected chi connectivity index (χ0v) is 21.3. The molecule has 1 saturated heterocycles. The van der Waals surface area contributed by atoms with Crippen LogP contribution in [0.25, 0.3) is 0 Å². The van der Waals surface area contributed by atoms with Crippen molar-refractivity contribution >= 4 is 58.4 Å². The first-order valence-corrected chi connectivity index (χ1v) is 11.4. The third kappa shape index (κ3) is 5.86. The predicted octanol–water partition coefficient (Wildman–Crippen LogP) is 4.85. The number of thiazole rings is 1. The minimum atomic E-state index is 0. The van der Waals surface area contributed by atoms with E-state index in [0.717, 1.165) is 65.4 Å². The average molecular weight is 509 g/mol. The molecule has 1 aromatic heterocycles. The number of likely N-dealkylation sites (N-methyl/N-ethyl adjacent to an activating group) is 1. The van der Waals surface area contributed by atoms with Gasteiger partial charge in [-0.3, -0.25) is 4.90 Å². The Morgan fingerprint density at radius 2 is 1.76 bits per heavy atom. The molecule has 3 heterocycles. The summed E-state index contributed by atoms with van der Waals surface area (Å²) in [5.74, 6) is 1.00. The number of fused-ring (bicyclic) bond motifs is 2. The number of hydrogen-bond donors (Lipinski definition) is 1. The van der Waals surface area contributed by atoms with Gasteiger partial charge in [0.2, 0.25) is 0 Å². The molecule has 0 radical (unpaired) electrons. The predicted molar refractivity (Wildman–Crippen MR) is 144 cm³/mol. The summed E-state index contributed by atoms with van der Waals surface area (Å²) in [7, 11) is 2.25. The topological polar surface area (TPSA) is 75.3 Å². The van der Waals surface area contributed by atoms with E-state index in [1.807, 2.05) is 6.07 Å². The first-order chi connectivity index (χ1) is 14.7. The van der Waals surface area contributed by atoms with Crippen molar-refractivity contribution in [3.05, 3.63) is 70.9 Å². The summed E-state index contributed by atoms with van der Waals surface area (Å²) >= 11 is 1.70. The van der Waals surface area contributed by atoms with Crippen molar-refractivity contribution in [1.82, 2.24) is 14.8 Å². The van der Waals surface area contributed by atoms with Crippen LogP contribution >= 0.6 is 36.2 Å². The summed E-state index contributed by atoms with van der Waals surface area (Å²) < 4.78 is 0. The van der Waals surface area contributed by atoms with Gasteiger partial charge in [0.05, 0.1) is 16.4 Å². The molecule has 2 aliphatic rings. The fourth-order valence-electron chi connectivity index (χ4n) is 4.28. The summed E-state index contributed by atoms with van der Waals surface area (Å²) in [6.07, 6.45) is 2.24. The Morgan fingerprint density at radius 1 is 1.03 bits per heavy atom. The van der Waals surface area contributed by atoms with Crippen LogP contribution in [0.4, 0.5) is 16.4 Å². The van der Waals surface area contributed by atoms with Crippen LogP contribution in [0, 0.1) is 6.92 Å². The second-order valence-electron chi connectivity index (χ2n) is 8.09. The lowest BCUT2D eigenvalue weighted by atomic mass is 10.0. The van der Waals surface area contributed by atoms with Gasteiger partial charge in [-0.2, -0.15) is 0 Å². The summed E-state index contributed by atoms with van der Waals surface area (Å²) in [6, 6.07) is 19.6. The Hall–Kier alpha value is -2.16. The van der Waals surface area contributed by atoms with Crippen LogP contribution in [0.15, 0.2) is 59.6 Å². The Bertz CT molecular complexity index is 1080. The van der Waals surface area contributed by atoms with Crippen molar-refractivity contribution < 1.29 is 5.48 Å². The Morgan fingerprint density at radius 3 is 2.55 bits per heavy atom. The zero-order valence-electron chi connectivity index (χ0n) is 18.8. The smallest absolute Gasteiger partial charge is 0.158 e. The number of halogens is 2. The molecule has 1 fully saturated rings. The number of nitrogens with one attached hydrogen (secondary N) is 1. The summed E-state index contributed by atoms with van der Waals surface area (Å²) in [6.45, 7) is 5.04. The molecule has 3 N–H and O–H groups in total. The molecule has 3 aromatic rings. The summed E-state index contributed by atoms with van der Waals surface area (Å²) in [4.78, 5) is 14.9. The van der Waals surface area contributed by atoms with Crippen molar-refractivity contribution in [2.24, 2.45) is 4.99 Å². The van der Waals surface area contributed by atoms with Gasteiger partial charge in [-0.15, -0.1) is 36.2 Å². The number of anilines is 2. The van der Waals surface area contributed by atoms with Crippen LogP contribution in [0.1, 0.15) is 22.7 Å². The normalized spacial score (nSPS) is 17.1. The van der Waals surface area contributed by atoms with Crippen LogP contribution in [-0.2, 0) is 6.42 Å². The molecule has 0 amide bonds. The van der Waals surface area contributed by atoms with Gasteiger partial charge in [-0.25, -0.2) is 9.98 Å². The fourth-order valence-corrected chi connectivity index (χ4v) is 5.11. The number of rotatable bonds is 3. The molecule has 33 heavy (non-hydrogen) atoms. The lowest BCUT2D eigenvalue weighted by Gasteiger charge is -2.40. The van der Waals surface area contributed by atoms with Crippen molar-refractivity contribution in [3.8, 4) is 0 Å². The molecule has 1 atom stereocenters. The molecule has 0 spiro atoms. The minimum absolute atomic E-state index is 0. The fraction of sp³-hybridized carbons (Fsp3) is 0.333. The highest BCUT2D eigenvalue weighted by Gasteiger charge is 2.30. The maximum atomic E-state index is 5.10. The third-order valence-corrected chi connectivity index (χ3v) is 6.90. The van der Waals surface area contributed by atoms with E-state index in [-0.39, 0.29) is 30.3 Å². The lowest BCUT2D eigenvalue weighted by Crippen LogP contribution is -2.53. The van der Waals surface area contributed by atoms with Crippen molar-refractivity contribution in [1.29, 1.82) is 0 Å². The van der Waals surface area contributed by atoms with Gasteiger partial charge in [0.15, 0.2) is 5.84 Å². The van der Waals surface area contributed by atoms with E-state index < -0.39 is 0 Å². The number of aromatic nitrogens is 1. The molecule has 0 unspecified atom stereocenters. The standard InChI is InChI=1S/C24H27N5S.2ClH.H2O/c1-17-25-22-23(26-20-10-6-7-11-21(20)27-24(22)30-17)29-15-14-28(2)19(16-29)13-12-18-8-4-3-5-9-18;;;/h3-11,19,27H,12-16H2,1-2H3;2*1H;1H2/t19-;;;/m0.../s1. The number of para-hydroxylation sites is 2. The van der Waals surface area contributed by atoms with E-state index >= 15 is 0 Å². The number of piperazine rings is 1. The third-order valence-electron chi connectivity index (χ3n) is 6.01. The Kier molecular flexibility index (Phi) is 9.70. The molecule has 6 nitrogen and oxygen atoms in total. The van der Waals surface area contributed by atoms with E-state index in [1.165, 1.54) is 5.56 Å². The molecule has 0 saturated carbocycles. The number of hydrogen-bond acceptors (Lipinski definition) is 6. The van der Waals surface area contributed by atoms with E-state index in [0.29, 0.717) is 6.04 Å². The Balaban J connectivity index is 0.00000128. The monoisotopic (exact) mass is 507 g/mol. The largest absolute Gasteiger partial charge is 0.412 e. The first kappa shape index (κ1) is 27.1. The van der Waals surface area contributed by atoms with Crippen molar-refractivity contribution in [3.63, 3.8) is 0 Å². The summed E-state index contributed by atoms with van der Waals surface area (Å²) in [5, 5.41) is 5.72. The van der Waals surface area contributed by atoms with Crippen molar-refractivity contribution in [2.45, 2.75) is 25.8 Å². The van der Waals surface area contributed by atoms with E-state index in [4.69, 9.17) is 9.98 Å². The van der Waals surface area contributed by atoms with E-state index in [9.17, 15) is 0 Å². The van der Waals surface area contributed by atoms with Crippen LogP contribution < -0.4 is 5.32 Å². The van der Waals surface area contributed by atoms with Gasteiger partial charge >= 0.3 is 0 Å². The molecule has 0 bridgehead atoms. The van der Waals surface area contributed by atoms with Crippen LogP contribution in [0.2, 0.25) is 0 Å². The summed E-state index contributed by atoms with van der Waals surface area (Å²) in [5.41, 5.74) is 4.42. The quantitative estimate of drug-likeness (QED) is 0.549. The number of benzene rings is 2. The van der Waals surface area contributed by atoms with Gasteiger partial charge in [0.1, 0.15) is 10.7 Å². The number of aryl methyl sites for hydroxylation is 2. The number of aliphatic imine (C=N–C) groups is 1. The number of nitrogens with zero attached hydrogens (tertiary/aromatic N) is 4. The molecular formula is C24H31Cl2N5OS. The minimum Gasteiger partial charge on any atom is -0.412 e. The molecular weight excluding hydrogens is 477 g/mol.